The number of hydrogen-bond acceptors (Lipinski definition) is 4. The molecule has 0 bridgehead atoms. The van der Waals surface area contributed by atoms with Crippen molar-refractivity contribution in [2.24, 2.45) is 0 Å². The first kappa shape index (κ1) is 14.8. The van der Waals surface area contributed by atoms with Crippen molar-refractivity contribution in [3.05, 3.63) is 23.8 Å². The number of aryl methyl sites for hydroxylation is 1. The Kier molecular flexibility index (Phi) is 4.98. The van der Waals surface area contributed by atoms with E-state index in [0.29, 0.717) is 19.0 Å². The molecule has 110 valence electrons. The molecule has 1 fully saturated rings. The lowest BCUT2D eigenvalue weighted by molar-refractivity contribution is -0.122. The molecule has 5 nitrogen and oxygen atoms in total. The Bertz CT molecular complexity index is 470. The molecule has 1 heterocycles. The van der Waals surface area contributed by atoms with Crippen molar-refractivity contribution in [1.29, 1.82) is 0 Å². The highest BCUT2D eigenvalue weighted by molar-refractivity contribution is 5.95. The van der Waals surface area contributed by atoms with E-state index in [1.165, 1.54) is 0 Å². The number of ether oxygens (including phenoxy) is 2. The lowest BCUT2D eigenvalue weighted by Gasteiger charge is -2.31. The average molecular weight is 278 g/mol. The average Bonchev–Trinajstić information content (AvgIpc) is 2.47. The number of hydrogen-bond donors (Lipinski definition) is 1. The van der Waals surface area contributed by atoms with Crippen molar-refractivity contribution in [1.82, 2.24) is 4.90 Å². The van der Waals surface area contributed by atoms with Gasteiger partial charge in [-0.25, -0.2) is 0 Å². The summed E-state index contributed by atoms with van der Waals surface area (Å²) in [6.45, 7) is 6.86. The van der Waals surface area contributed by atoms with Crippen LogP contribution in [-0.2, 0) is 9.53 Å². The predicted molar refractivity (Wildman–Crippen MR) is 78.2 cm³/mol. The Morgan fingerprint density at radius 1 is 1.40 bits per heavy atom. The molecule has 0 aliphatic carbocycles. The highest BCUT2D eigenvalue weighted by Gasteiger charge is 2.23. The van der Waals surface area contributed by atoms with Crippen LogP contribution in [0, 0.1) is 6.92 Å². The number of nitrogens with one attached hydrogen (secondary N) is 1. The molecule has 0 unspecified atom stereocenters. The SMILES string of the molecule is COc1ccc(C)cc1NC(=O)[C@H](C)N1CCOCC1. The number of methoxy groups -OCH3 is 1. The smallest absolute Gasteiger partial charge is 0.241 e. The van der Waals surface area contributed by atoms with Crippen LogP contribution in [0.5, 0.6) is 5.75 Å². The van der Waals surface area contributed by atoms with E-state index in [9.17, 15) is 4.79 Å². The molecule has 1 saturated heterocycles. The van der Waals surface area contributed by atoms with Crippen LogP contribution in [0.1, 0.15) is 12.5 Å². The van der Waals surface area contributed by atoms with Crippen molar-refractivity contribution in [2.45, 2.75) is 19.9 Å². The number of carbonyl (C=O) groups is 1. The number of anilines is 1. The summed E-state index contributed by atoms with van der Waals surface area (Å²) < 4.78 is 10.6. The molecular formula is C15H22N2O3. The maximum atomic E-state index is 12.3. The summed E-state index contributed by atoms with van der Waals surface area (Å²) in [4.78, 5) is 14.5. The van der Waals surface area contributed by atoms with Crippen LogP contribution in [0.3, 0.4) is 0 Å². The first-order chi connectivity index (χ1) is 9.61. The highest BCUT2D eigenvalue weighted by atomic mass is 16.5. The maximum absolute atomic E-state index is 12.3. The van der Waals surface area contributed by atoms with E-state index in [2.05, 4.69) is 10.2 Å². The van der Waals surface area contributed by atoms with Gasteiger partial charge in [0.05, 0.1) is 32.1 Å². The summed E-state index contributed by atoms with van der Waals surface area (Å²) in [6, 6.07) is 5.57. The number of carbonyl (C=O) groups excluding carboxylic acids is 1. The van der Waals surface area contributed by atoms with Crippen LogP contribution >= 0.6 is 0 Å². The number of rotatable bonds is 4. The lowest BCUT2D eigenvalue weighted by atomic mass is 10.2. The lowest BCUT2D eigenvalue weighted by Crippen LogP contribution is -2.47. The molecular weight excluding hydrogens is 256 g/mol. The molecule has 0 radical (unpaired) electrons. The molecule has 1 amide bonds. The molecule has 1 N–H and O–H groups in total. The molecule has 5 heteroatoms. The second-order valence-corrected chi connectivity index (χ2v) is 5.02. The third-order valence-corrected chi connectivity index (χ3v) is 3.59. The number of benzene rings is 1. The Balaban J connectivity index is 2.05. The van der Waals surface area contributed by atoms with Gasteiger partial charge in [-0.3, -0.25) is 9.69 Å². The summed E-state index contributed by atoms with van der Waals surface area (Å²) in [5.41, 5.74) is 1.80. The molecule has 1 atom stereocenters. The van der Waals surface area contributed by atoms with E-state index in [-0.39, 0.29) is 11.9 Å². The predicted octanol–water partition coefficient (Wildman–Crippen LogP) is 1.66. The van der Waals surface area contributed by atoms with E-state index in [0.717, 1.165) is 24.3 Å². The van der Waals surface area contributed by atoms with Crippen molar-refractivity contribution in [2.75, 3.05) is 38.7 Å². The quantitative estimate of drug-likeness (QED) is 0.910. The first-order valence-corrected chi connectivity index (χ1v) is 6.89. The summed E-state index contributed by atoms with van der Waals surface area (Å²) in [6.07, 6.45) is 0. The third-order valence-electron chi connectivity index (χ3n) is 3.59. The van der Waals surface area contributed by atoms with E-state index in [1.807, 2.05) is 32.0 Å². The largest absolute Gasteiger partial charge is 0.495 e. The Hall–Kier alpha value is -1.59. The first-order valence-electron chi connectivity index (χ1n) is 6.89. The second-order valence-electron chi connectivity index (χ2n) is 5.02. The number of morpholine rings is 1. The minimum atomic E-state index is -0.177. The van der Waals surface area contributed by atoms with Crippen molar-refractivity contribution in [3.8, 4) is 5.75 Å². The van der Waals surface area contributed by atoms with Gasteiger partial charge in [0.25, 0.3) is 0 Å². The van der Waals surface area contributed by atoms with Gasteiger partial charge >= 0.3 is 0 Å². The monoisotopic (exact) mass is 278 g/mol. The summed E-state index contributed by atoms with van der Waals surface area (Å²) >= 11 is 0. The molecule has 20 heavy (non-hydrogen) atoms. The van der Waals surface area contributed by atoms with E-state index < -0.39 is 0 Å². The van der Waals surface area contributed by atoms with Gasteiger partial charge in [-0.2, -0.15) is 0 Å². The van der Waals surface area contributed by atoms with Crippen LogP contribution in [0.25, 0.3) is 0 Å². The van der Waals surface area contributed by atoms with E-state index in [1.54, 1.807) is 7.11 Å². The molecule has 1 aromatic carbocycles. The molecule has 0 saturated carbocycles. The van der Waals surface area contributed by atoms with Gasteiger partial charge in [-0.05, 0) is 31.5 Å². The number of nitrogens with zero attached hydrogens (tertiary/aromatic N) is 1. The van der Waals surface area contributed by atoms with Gasteiger partial charge in [-0.1, -0.05) is 6.07 Å². The van der Waals surface area contributed by atoms with Crippen molar-refractivity contribution >= 4 is 11.6 Å². The zero-order valence-electron chi connectivity index (χ0n) is 12.3. The van der Waals surface area contributed by atoms with Gasteiger partial charge < -0.3 is 14.8 Å². The molecule has 1 aliphatic heterocycles. The zero-order chi connectivity index (χ0) is 14.5. The standard InChI is InChI=1S/C15H22N2O3/c1-11-4-5-14(19-3)13(10-11)16-15(18)12(2)17-6-8-20-9-7-17/h4-5,10,12H,6-9H2,1-3H3,(H,16,18)/t12-/m0/s1. The summed E-state index contributed by atoms with van der Waals surface area (Å²) in [7, 11) is 1.60. The minimum Gasteiger partial charge on any atom is -0.495 e. The normalized spacial score (nSPS) is 17.6. The fourth-order valence-electron chi connectivity index (χ4n) is 2.29. The van der Waals surface area contributed by atoms with Gasteiger partial charge in [-0.15, -0.1) is 0 Å². The minimum absolute atomic E-state index is 0.0178. The van der Waals surface area contributed by atoms with Crippen LogP contribution < -0.4 is 10.1 Å². The van der Waals surface area contributed by atoms with Crippen molar-refractivity contribution in [3.63, 3.8) is 0 Å². The van der Waals surface area contributed by atoms with Crippen molar-refractivity contribution < 1.29 is 14.3 Å². The topological polar surface area (TPSA) is 50.8 Å². The van der Waals surface area contributed by atoms with Crippen LogP contribution in [0.2, 0.25) is 0 Å². The van der Waals surface area contributed by atoms with Gasteiger partial charge in [0.15, 0.2) is 0 Å². The zero-order valence-corrected chi connectivity index (χ0v) is 12.3. The third kappa shape index (κ3) is 3.49. The summed E-state index contributed by atoms with van der Waals surface area (Å²) in [5, 5.41) is 2.95. The van der Waals surface area contributed by atoms with Crippen LogP contribution in [0.15, 0.2) is 18.2 Å². The molecule has 2 rings (SSSR count). The fraction of sp³-hybridized carbons (Fsp3) is 0.533. The Labute approximate surface area is 119 Å². The fourth-order valence-corrected chi connectivity index (χ4v) is 2.29. The van der Waals surface area contributed by atoms with E-state index in [4.69, 9.17) is 9.47 Å². The van der Waals surface area contributed by atoms with Crippen LogP contribution in [0.4, 0.5) is 5.69 Å². The Morgan fingerprint density at radius 3 is 2.75 bits per heavy atom. The summed E-state index contributed by atoms with van der Waals surface area (Å²) in [5.74, 6) is 0.661. The molecule has 0 aromatic heterocycles. The van der Waals surface area contributed by atoms with E-state index >= 15 is 0 Å². The number of amides is 1. The molecule has 1 aliphatic rings. The van der Waals surface area contributed by atoms with Gasteiger partial charge in [0, 0.05) is 13.1 Å². The Morgan fingerprint density at radius 2 is 2.10 bits per heavy atom. The second kappa shape index (κ2) is 6.72. The molecule has 1 aromatic rings. The highest BCUT2D eigenvalue weighted by Crippen LogP contribution is 2.25. The maximum Gasteiger partial charge on any atom is 0.241 e. The van der Waals surface area contributed by atoms with Gasteiger partial charge in [0.2, 0.25) is 5.91 Å². The van der Waals surface area contributed by atoms with Gasteiger partial charge in [0.1, 0.15) is 5.75 Å². The van der Waals surface area contributed by atoms with Crippen LogP contribution in [-0.4, -0.2) is 50.3 Å². The molecule has 0 spiro atoms.